The molecule has 0 bridgehead atoms. The van der Waals surface area contributed by atoms with Gasteiger partial charge in [-0.15, -0.1) is 0 Å². The number of hydrogen-bond acceptors (Lipinski definition) is 2. The average molecular weight is 164 g/mol. The zero-order chi connectivity index (χ0) is 8.65. The van der Waals surface area contributed by atoms with E-state index in [9.17, 15) is 8.78 Å². The van der Waals surface area contributed by atoms with Crippen LogP contribution < -0.4 is 0 Å². The van der Waals surface area contributed by atoms with Crippen LogP contribution in [-0.2, 0) is 0 Å². The minimum absolute atomic E-state index is 1.01. The molecular weight excluding hydrogens is 154 g/mol. The summed E-state index contributed by atoms with van der Waals surface area (Å²) in [5.74, 6) is -4.23. The normalized spacial score (nSPS) is 42.5. The van der Waals surface area contributed by atoms with Gasteiger partial charge in [0, 0.05) is 5.92 Å². The average Bonchev–Trinajstić information content (AvgIpc) is 1.95. The van der Waals surface area contributed by atoms with Crippen molar-refractivity contribution in [1.29, 1.82) is 0 Å². The molecule has 0 radical (unpaired) electrons. The molecule has 11 heavy (non-hydrogen) atoms. The SMILES string of the molecule is C[C@H]1C=C[C@H](O)[C@H](O)C1(F)F. The van der Waals surface area contributed by atoms with Crippen molar-refractivity contribution in [2.24, 2.45) is 5.92 Å². The highest BCUT2D eigenvalue weighted by molar-refractivity contribution is 5.09. The van der Waals surface area contributed by atoms with E-state index in [1.165, 1.54) is 19.1 Å². The number of allylic oxidation sites excluding steroid dienone is 1. The molecule has 0 heterocycles. The Balaban J connectivity index is 2.88. The number of rotatable bonds is 0. The first-order chi connectivity index (χ1) is 4.96. The Morgan fingerprint density at radius 3 is 2.27 bits per heavy atom. The van der Waals surface area contributed by atoms with Gasteiger partial charge in [-0.2, -0.15) is 0 Å². The molecule has 0 aromatic heterocycles. The topological polar surface area (TPSA) is 40.5 Å². The van der Waals surface area contributed by atoms with E-state index < -0.39 is 24.0 Å². The first-order valence-corrected chi connectivity index (χ1v) is 3.38. The van der Waals surface area contributed by atoms with Crippen molar-refractivity contribution in [1.82, 2.24) is 0 Å². The molecule has 1 rings (SSSR count). The van der Waals surface area contributed by atoms with Crippen molar-refractivity contribution >= 4 is 0 Å². The molecule has 0 aromatic carbocycles. The zero-order valence-electron chi connectivity index (χ0n) is 6.04. The lowest BCUT2D eigenvalue weighted by Gasteiger charge is -2.32. The van der Waals surface area contributed by atoms with E-state index in [0.717, 1.165) is 0 Å². The van der Waals surface area contributed by atoms with Crippen LogP contribution in [0.25, 0.3) is 0 Å². The number of aliphatic hydroxyl groups is 2. The molecule has 1 aliphatic carbocycles. The van der Waals surface area contributed by atoms with Gasteiger partial charge in [-0.1, -0.05) is 19.1 Å². The monoisotopic (exact) mass is 164 g/mol. The maximum Gasteiger partial charge on any atom is 0.282 e. The molecule has 0 unspecified atom stereocenters. The maximum absolute atomic E-state index is 12.8. The van der Waals surface area contributed by atoms with Gasteiger partial charge < -0.3 is 10.2 Å². The summed E-state index contributed by atoms with van der Waals surface area (Å²) in [4.78, 5) is 0. The summed E-state index contributed by atoms with van der Waals surface area (Å²) >= 11 is 0. The van der Waals surface area contributed by atoms with Gasteiger partial charge in [0.15, 0.2) is 0 Å². The Morgan fingerprint density at radius 1 is 1.27 bits per heavy atom. The molecular formula is C7H10F2O2. The molecule has 0 fully saturated rings. The minimum Gasteiger partial charge on any atom is -0.386 e. The lowest BCUT2D eigenvalue weighted by atomic mass is 9.89. The van der Waals surface area contributed by atoms with E-state index in [2.05, 4.69) is 0 Å². The third-order valence-corrected chi connectivity index (χ3v) is 1.92. The van der Waals surface area contributed by atoms with Gasteiger partial charge >= 0.3 is 0 Å². The smallest absolute Gasteiger partial charge is 0.282 e. The van der Waals surface area contributed by atoms with Crippen LogP contribution in [0.3, 0.4) is 0 Å². The molecule has 4 heteroatoms. The molecule has 64 valence electrons. The first kappa shape index (κ1) is 8.62. The van der Waals surface area contributed by atoms with E-state index in [-0.39, 0.29) is 0 Å². The summed E-state index contributed by atoms with van der Waals surface area (Å²) in [6.07, 6.45) is -1.02. The van der Waals surface area contributed by atoms with Gasteiger partial charge in [0.25, 0.3) is 5.92 Å². The van der Waals surface area contributed by atoms with Crippen LogP contribution in [0.1, 0.15) is 6.92 Å². The van der Waals surface area contributed by atoms with Gasteiger partial charge in [-0.05, 0) is 0 Å². The second-order valence-electron chi connectivity index (χ2n) is 2.78. The summed E-state index contributed by atoms with van der Waals surface area (Å²) in [6.45, 7) is 1.30. The summed E-state index contributed by atoms with van der Waals surface area (Å²) < 4.78 is 25.6. The Hall–Kier alpha value is -0.480. The van der Waals surface area contributed by atoms with Crippen molar-refractivity contribution in [3.8, 4) is 0 Å². The lowest BCUT2D eigenvalue weighted by Crippen LogP contribution is -2.48. The van der Waals surface area contributed by atoms with Crippen molar-refractivity contribution in [2.75, 3.05) is 0 Å². The van der Waals surface area contributed by atoms with Gasteiger partial charge in [-0.3, -0.25) is 0 Å². The molecule has 0 spiro atoms. The Bertz CT molecular complexity index is 179. The van der Waals surface area contributed by atoms with Crippen LogP contribution >= 0.6 is 0 Å². The minimum atomic E-state index is -3.21. The van der Waals surface area contributed by atoms with Crippen molar-refractivity contribution in [3.05, 3.63) is 12.2 Å². The summed E-state index contributed by atoms with van der Waals surface area (Å²) in [6, 6.07) is 0. The number of hydrogen-bond donors (Lipinski definition) is 2. The fourth-order valence-electron chi connectivity index (χ4n) is 1.01. The predicted molar refractivity (Wildman–Crippen MR) is 35.3 cm³/mol. The van der Waals surface area contributed by atoms with Crippen LogP contribution in [0.2, 0.25) is 0 Å². The summed E-state index contributed by atoms with van der Waals surface area (Å²) in [5, 5.41) is 17.6. The molecule has 0 saturated heterocycles. The highest BCUT2D eigenvalue weighted by Crippen LogP contribution is 2.34. The van der Waals surface area contributed by atoms with Crippen LogP contribution in [0, 0.1) is 5.92 Å². The van der Waals surface area contributed by atoms with Crippen molar-refractivity contribution in [2.45, 2.75) is 25.1 Å². The number of halogens is 2. The third kappa shape index (κ3) is 1.28. The van der Waals surface area contributed by atoms with Gasteiger partial charge in [0.2, 0.25) is 0 Å². The summed E-state index contributed by atoms with van der Waals surface area (Å²) in [7, 11) is 0. The molecule has 2 nitrogen and oxygen atoms in total. The van der Waals surface area contributed by atoms with E-state index >= 15 is 0 Å². The molecule has 0 amide bonds. The number of alkyl halides is 2. The molecule has 0 aromatic rings. The predicted octanol–water partition coefficient (Wildman–Crippen LogP) is 0.549. The Kier molecular flexibility index (Phi) is 1.98. The lowest BCUT2D eigenvalue weighted by molar-refractivity contribution is -0.167. The molecule has 1 aliphatic rings. The first-order valence-electron chi connectivity index (χ1n) is 3.38. The van der Waals surface area contributed by atoms with Crippen LogP contribution in [0.15, 0.2) is 12.2 Å². The molecule has 0 saturated carbocycles. The number of aliphatic hydroxyl groups excluding tert-OH is 2. The molecule has 3 atom stereocenters. The zero-order valence-corrected chi connectivity index (χ0v) is 6.04. The molecule has 2 N–H and O–H groups in total. The van der Waals surface area contributed by atoms with E-state index in [1.54, 1.807) is 0 Å². The van der Waals surface area contributed by atoms with E-state index in [1.807, 2.05) is 0 Å². The van der Waals surface area contributed by atoms with E-state index in [0.29, 0.717) is 0 Å². The maximum atomic E-state index is 12.8. The summed E-state index contributed by atoms with van der Waals surface area (Å²) in [5.41, 5.74) is 0. The second kappa shape index (κ2) is 2.53. The van der Waals surface area contributed by atoms with Gasteiger partial charge in [0.05, 0.1) is 0 Å². The highest BCUT2D eigenvalue weighted by Gasteiger charge is 2.48. The largest absolute Gasteiger partial charge is 0.386 e. The van der Waals surface area contributed by atoms with E-state index in [4.69, 9.17) is 10.2 Å². The quantitative estimate of drug-likeness (QED) is 0.513. The molecule has 0 aliphatic heterocycles. The van der Waals surface area contributed by atoms with Crippen LogP contribution in [0.5, 0.6) is 0 Å². The van der Waals surface area contributed by atoms with Crippen molar-refractivity contribution < 1.29 is 19.0 Å². The van der Waals surface area contributed by atoms with Crippen molar-refractivity contribution in [3.63, 3.8) is 0 Å². The van der Waals surface area contributed by atoms with Crippen LogP contribution in [-0.4, -0.2) is 28.3 Å². The Labute approximate surface area is 63.2 Å². The standard InChI is InChI=1S/C7H10F2O2/c1-4-2-3-5(10)6(11)7(4,8)9/h2-6,10-11H,1H3/t4-,5-,6-/m0/s1. The second-order valence-corrected chi connectivity index (χ2v) is 2.78. The van der Waals surface area contributed by atoms with Gasteiger partial charge in [0.1, 0.15) is 12.2 Å². The highest BCUT2D eigenvalue weighted by atomic mass is 19.3. The Morgan fingerprint density at radius 2 is 1.82 bits per heavy atom. The third-order valence-electron chi connectivity index (χ3n) is 1.92. The van der Waals surface area contributed by atoms with Gasteiger partial charge in [-0.25, -0.2) is 8.78 Å². The van der Waals surface area contributed by atoms with Crippen LogP contribution in [0.4, 0.5) is 8.78 Å². The fourth-order valence-corrected chi connectivity index (χ4v) is 1.01. The fraction of sp³-hybridized carbons (Fsp3) is 0.714.